The summed E-state index contributed by atoms with van der Waals surface area (Å²) in [6.45, 7) is 2.47. The lowest BCUT2D eigenvalue weighted by Crippen LogP contribution is -2.05. The Labute approximate surface area is 163 Å². The molecule has 1 aliphatic rings. The third-order valence-electron chi connectivity index (χ3n) is 4.30. The average molecular weight is 369 g/mol. The smallest absolute Gasteiger partial charge is 0.363 e. The molecule has 28 heavy (non-hydrogen) atoms. The highest BCUT2D eigenvalue weighted by Crippen LogP contribution is 2.22. The Kier molecular flexibility index (Phi) is 5.02. The van der Waals surface area contributed by atoms with Gasteiger partial charge in [0.05, 0.1) is 0 Å². The van der Waals surface area contributed by atoms with E-state index in [-0.39, 0.29) is 5.70 Å². The van der Waals surface area contributed by atoms with Crippen LogP contribution in [0.2, 0.25) is 0 Å². The van der Waals surface area contributed by atoms with Gasteiger partial charge in [-0.15, -0.1) is 0 Å². The SMILES string of the molecule is Cc1cccc(C2=N/C(=C/c3cccc(OCc4ccccc4)c3)C(=O)O2)c1. The summed E-state index contributed by atoms with van der Waals surface area (Å²) in [5.41, 5.74) is 4.06. The van der Waals surface area contributed by atoms with Crippen molar-refractivity contribution in [2.24, 2.45) is 4.99 Å². The molecule has 4 nitrogen and oxygen atoms in total. The van der Waals surface area contributed by atoms with Crippen molar-refractivity contribution < 1.29 is 14.3 Å². The Balaban J connectivity index is 1.52. The number of rotatable bonds is 5. The number of aryl methyl sites for hydroxylation is 1. The van der Waals surface area contributed by atoms with E-state index in [2.05, 4.69) is 4.99 Å². The molecule has 0 fully saturated rings. The summed E-state index contributed by atoms with van der Waals surface area (Å²) in [7, 11) is 0. The standard InChI is InChI=1S/C24H19NO3/c1-17-7-5-11-20(13-17)23-25-22(24(26)28-23)15-19-10-6-12-21(14-19)27-16-18-8-3-2-4-9-18/h2-15H,16H2,1H3/b22-15+. The second-order valence-electron chi connectivity index (χ2n) is 6.55. The van der Waals surface area contributed by atoms with Crippen molar-refractivity contribution in [1.29, 1.82) is 0 Å². The van der Waals surface area contributed by atoms with Gasteiger partial charge in [0.1, 0.15) is 12.4 Å². The van der Waals surface area contributed by atoms with E-state index in [1.54, 1.807) is 6.08 Å². The number of nitrogens with zero attached hydrogens (tertiary/aromatic N) is 1. The van der Waals surface area contributed by atoms with Gasteiger partial charge in [-0.2, -0.15) is 0 Å². The van der Waals surface area contributed by atoms with Crippen LogP contribution in [-0.4, -0.2) is 11.9 Å². The number of cyclic esters (lactones) is 1. The number of esters is 1. The molecule has 0 saturated heterocycles. The molecule has 0 N–H and O–H groups in total. The van der Waals surface area contributed by atoms with Gasteiger partial charge in [-0.25, -0.2) is 9.79 Å². The van der Waals surface area contributed by atoms with Crippen molar-refractivity contribution in [2.75, 3.05) is 0 Å². The van der Waals surface area contributed by atoms with Crippen molar-refractivity contribution in [2.45, 2.75) is 13.5 Å². The lowest BCUT2D eigenvalue weighted by Gasteiger charge is -2.07. The van der Waals surface area contributed by atoms with Crippen LogP contribution in [0.1, 0.15) is 22.3 Å². The van der Waals surface area contributed by atoms with E-state index in [0.717, 1.165) is 28.0 Å². The Bertz CT molecular complexity index is 1070. The van der Waals surface area contributed by atoms with Gasteiger partial charge < -0.3 is 9.47 Å². The summed E-state index contributed by atoms with van der Waals surface area (Å²) < 4.78 is 11.2. The van der Waals surface area contributed by atoms with E-state index in [1.165, 1.54) is 0 Å². The summed E-state index contributed by atoms with van der Waals surface area (Å²) in [5.74, 6) is 0.607. The van der Waals surface area contributed by atoms with E-state index in [1.807, 2.05) is 85.8 Å². The molecular formula is C24H19NO3. The Morgan fingerprint density at radius 2 is 1.79 bits per heavy atom. The molecular weight excluding hydrogens is 350 g/mol. The van der Waals surface area contributed by atoms with E-state index in [0.29, 0.717) is 12.5 Å². The summed E-state index contributed by atoms with van der Waals surface area (Å²) in [6, 6.07) is 25.2. The highest BCUT2D eigenvalue weighted by Gasteiger charge is 2.24. The third-order valence-corrected chi connectivity index (χ3v) is 4.30. The van der Waals surface area contributed by atoms with Crippen LogP contribution in [-0.2, 0) is 16.1 Å². The van der Waals surface area contributed by atoms with Gasteiger partial charge in [0, 0.05) is 5.56 Å². The molecule has 1 heterocycles. The van der Waals surface area contributed by atoms with Crippen molar-refractivity contribution in [1.82, 2.24) is 0 Å². The topological polar surface area (TPSA) is 47.9 Å². The predicted octanol–water partition coefficient (Wildman–Crippen LogP) is 4.92. The third kappa shape index (κ3) is 4.18. The molecule has 0 radical (unpaired) electrons. The van der Waals surface area contributed by atoms with E-state index in [4.69, 9.17) is 9.47 Å². The monoisotopic (exact) mass is 369 g/mol. The van der Waals surface area contributed by atoms with Crippen LogP contribution in [0.5, 0.6) is 5.75 Å². The van der Waals surface area contributed by atoms with Gasteiger partial charge in [0.25, 0.3) is 0 Å². The van der Waals surface area contributed by atoms with Crippen molar-refractivity contribution in [3.8, 4) is 5.75 Å². The molecule has 4 rings (SSSR count). The highest BCUT2D eigenvalue weighted by atomic mass is 16.6. The number of ether oxygens (including phenoxy) is 2. The first-order valence-corrected chi connectivity index (χ1v) is 9.04. The number of hydrogen-bond acceptors (Lipinski definition) is 4. The lowest BCUT2D eigenvalue weighted by molar-refractivity contribution is -0.129. The normalized spacial score (nSPS) is 14.7. The van der Waals surface area contributed by atoms with Gasteiger partial charge in [-0.3, -0.25) is 0 Å². The number of carbonyl (C=O) groups is 1. The zero-order valence-electron chi connectivity index (χ0n) is 15.5. The van der Waals surface area contributed by atoms with Crippen molar-refractivity contribution >= 4 is 17.9 Å². The van der Waals surface area contributed by atoms with Gasteiger partial charge in [0.2, 0.25) is 5.90 Å². The van der Waals surface area contributed by atoms with Crippen LogP contribution in [0.25, 0.3) is 6.08 Å². The van der Waals surface area contributed by atoms with Gasteiger partial charge in [0.15, 0.2) is 5.70 Å². The average Bonchev–Trinajstić information content (AvgIpc) is 3.08. The Hall–Kier alpha value is -3.66. The van der Waals surface area contributed by atoms with Crippen LogP contribution >= 0.6 is 0 Å². The molecule has 138 valence electrons. The molecule has 0 saturated carbocycles. The molecule has 0 aromatic heterocycles. The zero-order valence-corrected chi connectivity index (χ0v) is 15.5. The minimum atomic E-state index is -0.452. The highest BCUT2D eigenvalue weighted by molar-refractivity contribution is 6.12. The molecule has 0 unspecified atom stereocenters. The summed E-state index contributed by atoms with van der Waals surface area (Å²) in [4.78, 5) is 16.6. The second-order valence-corrected chi connectivity index (χ2v) is 6.55. The maximum absolute atomic E-state index is 12.2. The minimum absolute atomic E-state index is 0.275. The van der Waals surface area contributed by atoms with Gasteiger partial charge >= 0.3 is 5.97 Å². The predicted molar refractivity (Wildman–Crippen MR) is 109 cm³/mol. The van der Waals surface area contributed by atoms with E-state index < -0.39 is 5.97 Å². The number of aliphatic imine (C=N–C) groups is 1. The second kappa shape index (κ2) is 7.92. The molecule has 4 heteroatoms. The molecule has 0 amide bonds. The first-order valence-electron chi connectivity index (χ1n) is 9.04. The van der Waals surface area contributed by atoms with Crippen LogP contribution in [0, 0.1) is 6.92 Å². The largest absolute Gasteiger partial charge is 0.489 e. The molecule has 3 aromatic carbocycles. The van der Waals surface area contributed by atoms with Crippen LogP contribution in [0.3, 0.4) is 0 Å². The van der Waals surface area contributed by atoms with Crippen LogP contribution in [0.4, 0.5) is 0 Å². The minimum Gasteiger partial charge on any atom is -0.489 e. The summed E-state index contributed by atoms with van der Waals surface area (Å²) >= 11 is 0. The summed E-state index contributed by atoms with van der Waals surface area (Å²) in [5, 5.41) is 0. The fourth-order valence-electron chi connectivity index (χ4n) is 2.90. The van der Waals surface area contributed by atoms with Crippen molar-refractivity contribution in [3.63, 3.8) is 0 Å². The van der Waals surface area contributed by atoms with Crippen LogP contribution in [0.15, 0.2) is 89.6 Å². The molecule has 1 aliphatic heterocycles. The van der Waals surface area contributed by atoms with Crippen molar-refractivity contribution in [3.05, 3.63) is 107 Å². The Morgan fingerprint density at radius 3 is 2.61 bits per heavy atom. The quantitative estimate of drug-likeness (QED) is 0.474. The van der Waals surface area contributed by atoms with E-state index in [9.17, 15) is 4.79 Å². The number of hydrogen-bond donors (Lipinski definition) is 0. The van der Waals surface area contributed by atoms with Gasteiger partial charge in [-0.1, -0.05) is 60.2 Å². The maximum Gasteiger partial charge on any atom is 0.363 e. The number of benzene rings is 3. The zero-order chi connectivity index (χ0) is 19.3. The van der Waals surface area contributed by atoms with Crippen LogP contribution < -0.4 is 4.74 Å². The van der Waals surface area contributed by atoms with Gasteiger partial charge in [-0.05, 0) is 48.4 Å². The maximum atomic E-state index is 12.2. The first-order chi connectivity index (χ1) is 13.7. The molecule has 0 bridgehead atoms. The fourth-order valence-corrected chi connectivity index (χ4v) is 2.90. The fraction of sp³-hybridized carbons (Fsp3) is 0.0833. The first kappa shape index (κ1) is 17.7. The Morgan fingerprint density at radius 1 is 0.964 bits per heavy atom. The molecule has 3 aromatic rings. The van der Waals surface area contributed by atoms with E-state index >= 15 is 0 Å². The molecule has 0 atom stereocenters. The lowest BCUT2D eigenvalue weighted by atomic mass is 10.1. The number of carbonyl (C=O) groups excluding carboxylic acids is 1. The molecule has 0 spiro atoms. The molecule has 0 aliphatic carbocycles. The summed E-state index contributed by atoms with van der Waals surface area (Å²) in [6.07, 6.45) is 1.71.